The lowest BCUT2D eigenvalue weighted by atomic mass is 9.96. The maximum atomic E-state index is 12.3. The number of likely N-dealkylation sites (tertiary alicyclic amines) is 1. The van der Waals surface area contributed by atoms with Gasteiger partial charge in [-0.2, -0.15) is 5.26 Å². The van der Waals surface area contributed by atoms with Gasteiger partial charge in [0.25, 0.3) is 0 Å². The molecule has 5 heteroatoms. The van der Waals surface area contributed by atoms with Gasteiger partial charge in [-0.05, 0) is 44.1 Å². The van der Waals surface area contributed by atoms with Crippen molar-refractivity contribution < 1.29 is 9.69 Å². The van der Waals surface area contributed by atoms with Gasteiger partial charge in [0, 0.05) is 10.8 Å². The number of hydrogen-bond donors (Lipinski definition) is 2. The van der Waals surface area contributed by atoms with Crippen LogP contribution in [0.15, 0.2) is 0 Å². The van der Waals surface area contributed by atoms with E-state index in [0.29, 0.717) is 6.42 Å². The molecule has 124 valence electrons. The first-order chi connectivity index (χ1) is 11.2. The molecule has 0 saturated carbocycles. The minimum Gasteiger partial charge on any atom is -0.334 e. The number of rotatable bonds is 4. The number of nitrogens with zero attached hydrogens (tertiary/aromatic N) is 1. The summed E-state index contributed by atoms with van der Waals surface area (Å²) in [4.78, 5) is 15.1. The molecule has 2 heterocycles. The molecule has 1 aliphatic carbocycles. The van der Waals surface area contributed by atoms with E-state index in [2.05, 4.69) is 18.3 Å². The van der Waals surface area contributed by atoms with Crippen molar-refractivity contribution in [2.45, 2.75) is 51.9 Å². The van der Waals surface area contributed by atoms with Crippen LogP contribution >= 0.6 is 11.3 Å². The quantitative estimate of drug-likeness (QED) is 0.887. The number of quaternary nitrogens is 1. The molecule has 0 radical (unpaired) electrons. The molecule has 3 rings (SSSR count). The van der Waals surface area contributed by atoms with Crippen LogP contribution < -0.4 is 10.2 Å². The number of fused-ring (bicyclic) bond motifs is 1. The number of carbonyl (C=O) groups excluding carboxylic acids is 1. The van der Waals surface area contributed by atoms with Gasteiger partial charge in [-0.3, -0.25) is 4.79 Å². The van der Waals surface area contributed by atoms with Crippen molar-refractivity contribution in [1.82, 2.24) is 0 Å². The molecule has 1 aromatic heterocycles. The Bertz CT molecular complexity index is 617. The van der Waals surface area contributed by atoms with Crippen LogP contribution in [0.2, 0.25) is 0 Å². The maximum absolute atomic E-state index is 12.3. The average molecular weight is 332 g/mol. The van der Waals surface area contributed by atoms with Gasteiger partial charge >= 0.3 is 0 Å². The van der Waals surface area contributed by atoms with Gasteiger partial charge in [-0.25, -0.2) is 0 Å². The molecule has 1 aliphatic heterocycles. The van der Waals surface area contributed by atoms with Crippen LogP contribution in [0, 0.1) is 17.2 Å². The second-order valence-corrected chi connectivity index (χ2v) is 8.13. The van der Waals surface area contributed by atoms with E-state index in [1.807, 2.05) is 0 Å². The van der Waals surface area contributed by atoms with Crippen molar-refractivity contribution in [3.05, 3.63) is 16.0 Å². The van der Waals surface area contributed by atoms with Crippen molar-refractivity contribution in [3.8, 4) is 6.07 Å². The molecule has 2 N–H and O–H groups in total. The minimum absolute atomic E-state index is 0.0609. The van der Waals surface area contributed by atoms with Gasteiger partial charge in [0.2, 0.25) is 5.91 Å². The molecule has 23 heavy (non-hydrogen) atoms. The Morgan fingerprint density at radius 1 is 1.39 bits per heavy atom. The second-order valence-electron chi connectivity index (χ2n) is 7.03. The number of carbonyl (C=O) groups is 1. The third-order valence-corrected chi connectivity index (χ3v) is 6.31. The minimum atomic E-state index is 0.0609. The number of anilines is 1. The van der Waals surface area contributed by atoms with E-state index in [9.17, 15) is 10.1 Å². The molecule has 2 aliphatic rings. The molecule has 0 aromatic carbocycles. The summed E-state index contributed by atoms with van der Waals surface area (Å²) in [6.07, 6.45) is 7.54. The van der Waals surface area contributed by atoms with Crippen molar-refractivity contribution in [2.75, 3.05) is 25.0 Å². The van der Waals surface area contributed by atoms with Crippen LogP contribution in [0.3, 0.4) is 0 Å². The highest BCUT2D eigenvalue weighted by atomic mass is 32.1. The first kappa shape index (κ1) is 16.5. The number of nitriles is 1. The average Bonchev–Trinajstić information content (AvgIpc) is 2.90. The molecule has 4 nitrogen and oxygen atoms in total. The summed E-state index contributed by atoms with van der Waals surface area (Å²) in [5.41, 5.74) is 1.91. The summed E-state index contributed by atoms with van der Waals surface area (Å²) >= 11 is 1.62. The standard InChI is InChI=1S/C18H25N3OS/c1-13-5-4-9-21(12-13)10-8-17(22)20-18-15(11-19)14-6-2-3-7-16(14)23-18/h13H,2-10,12H2,1H3,(H,20,22)/p+1/t13-/m1/s1. The lowest BCUT2D eigenvalue weighted by molar-refractivity contribution is -0.907. The molecule has 0 bridgehead atoms. The first-order valence-electron chi connectivity index (χ1n) is 8.85. The van der Waals surface area contributed by atoms with E-state index >= 15 is 0 Å². The van der Waals surface area contributed by atoms with Gasteiger partial charge in [-0.1, -0.05) is 6.92 Å². The molecule has 2 atom stereocenters. The highest BCUT2D eigenvalue weighted by Gasteiger charge is 2.23. The van der Waals surface area contributed by atoms with E-state index in [0.717, 1.165) is 42.3 Å². The smallest absolute Gasteiger partial charge is 0.230 e. The molecular weight excluding hydrogens is 306 g/mol. The highest BCUT2D eigenvalue weighted by molar-refractivity contribution is 7.16. The third-order valence-electron chi connectivity index (χ3n) is 5.11. The van der Waals surface area contributed by atoms with E-state index in [1.54, 1.807) is 16.2 Å². The largest absolute Gasteiger partial charge is 0.334 e. The van der Waals surface area contributed by atoms with Crippen molar-refractivity contribution in [1.29, 1.82) is 5.26 Å². The van der Waals surface area contributed by atoms with E-state index in [4.69, 9.17) is 0 Å². The van der Waals surface area contributed by atoms with Gasteiger partial charge < -0.3 is 10.2 Å². The van der Waals surface area contributed by atoms with E-state index < -0.39 is 0 Å². The van der Waals surface area contributed by atoms with Crippen molar-refractivity contribution in [3.63, 3.8) is 0 Å². The fourth-order valence-electron chi connectivity index (χ4n) is 3.88. The monoisotopic (exact) mass is 332 g/mol. The van der Waals surface area contributed by atoms with Gasteiger partial charge in [-0.15, -0.1) is 11.3 Å². The van der Waals surface area contributed by atoms with Crippen LogP contribution in [0.25, 0.3) is 0 Å². The van der Waals surface area contributed by atoms with Crippen LogP contribution in [0.1, 0.15) is 55.0 Å². The fraction of sp³-hybridized carbons (Fsp3) is 0.667. The lowest BCUT2D eigenvalue weighted by Crippen LogP contribution is -3.13. The fourth-order valence-corrected chi connectivity index (χ4v) is 5.13. The number of nitrogens with one attached hydrogen (secondary N) is 2. The van der Waals surface area contributed by atoms with Crippen LogP contribution in [-0.2, 0) is 17.6 Å². The summed E-state index contributed by atoms with van der Waals surface area (Å²) in [5, 5.41) is 13.2. The molecule has 1 amide bonds. The van der Waals surface area contributed by atoms with Gasteiger partial charge in [0.15, 0.2) is 0 Å². The van der Waals surface area contributed by atoms with Crippen molar-refractivity contribution >= 4 is 22.2 Å². The van der Waals surface area contributed by atoms with Gasteiger partial charge in [0.05, 0.1) is 31.6 Å². The topological polar surface area (TPSA) is 57.3 Å². The number of thiophene rings is 1. The number of hydrogen-bond acceptors (Lipinski definition) is 3. The Kier molecular flexibility index (Phi) is 5.34. The summed E-state index contributed by atoms with van der Waals surface area (Å²) in [5.74, 6) is 0.835. The number of aryl methyl sites for hydroxylation is 1. The van der Waals surface area contributed by atoms with Gasteiger partial charge in [0.1, 0.15) is 11.1 Å². The first-order valence-corrected chi connectivity index (χ1v) is 9.67. The molecule has 1 saturated heterocycles. The van der Waals surface area contributed by atoms with Crippen LogP contribution in [0.5, 0.6) is 0 Å². The normalized spacial score (nSPS) is 23.8. The zero-order valence-corrected chi connectivity index (χ0v) is 14.7. The Morgan fingerprint density at radius 2 is 2.22 bits per heavy atom. The maximum Gasteiger partial charge on any atom is 0.230 e. The lowest BCUT2D eigenvalue weighted by Gasteiger charge is -2.27. The highest BCUT2D eigenvalue weighted by Crippen LogP contribution is 2.37. The summed E-state index contributed by atoms with van der Waals surface area (Å²) in [6.45, 7) is 5.58. The zero-order chi connectivity index (χ0) is 16.2. The Hall–Kier alpha value is -1.38. The predicted molar refractivity (Wildman–Crippen MR) is 92.9 cm³/mol. The number of amides is 1. The Balaban J connectivity index is 1.58. The van der Waals surface area contributed by atoms with Crippen molar-refractivity contribution in [2.24, 2.45) is 5.92 Å². The molecule has 0 spiro atoms. The molecular formula is C18H26N3OS+. The third kappa shape index (κ3) is 3.94. The summed E-state index contributed by atoms with van der Waals surface area (Å²) in [7, 11) is 0. The number of piperidine rings is 1. The summed E-state index contributed by atoms with van der Waals surface area (Å²) in [6, 6.07) is 2.31. The van der Waals surface area contributed by atoms with Crippen LogP contribution in [-0.4, -0.2) is 25.5 Å². The summed E-state index contributed by atoms with van der Waals surface area (Å²) < 4.78 is 0. The van der Waals surface area contributed by atoms with Crippen LogP contribution in [0.4, 0.5) is 5.00 Å². The zero-order valence-electron chi connectivity index (χ0n) is 13.9. The predicted octanol–water partition coefficient (Wildman–Crippen LogP) is 2.14. The van der Waals surface area contributed by atoms with E-state index in [-0.39, 0.29) is 5.91 Å². The molecule has 1 unspecified atom stereocenters. The molecule has 1 fully saturated rings. The molecule has 1 aromatic rings. The second kappa shape index (κ2) is 7.46. The Morgan fingerprint density at radius 3 is 3.00 bits per heavy atom. The van der Waals surface area contributed by atoms with E-state index in [1.165, 1.54) is 42.8 Å². The Labute approximate surface area is 142 Å². The SMILES string of the molecule is C[C@@H]1CCC[NH+](CCC(=O)Nc2sc3c(c2C#N)CCCC3)C1.